The summed E-state index contributed by atoms with van der Waals surface area (Å²) in [5, 5.41) is 8.91. The number of hydrogen-bond acceptors (Lipinski definition) is 4. The summed E-state index contributed by atoms with van der Waals surface area (Å²) in [4.78, 5) is 12.9. The van der Waals surface area contributed by atoms with E-state index in [4.69, 9.17) is 5.11 Å². The largest absolute Gasteiger partial charge is 0.481 e. The van der Waals surface area contributed by atoms with E-state index in [1.165, 1.54) is 15.6 Å². The molecule has 18 heavy (non-hydrogen) atoms. The van der Waals surface area contributed by atoms with Crippen molar-refractivity contribution in [2.75, 3.05) is 13.1 Å². The zero-order valence-electron chi connectivity index (χ0n) is 10.2. The molecule has 1 saturated heterocycles. The molecule has 0 radical (unpaired) electrons. The number of aryl methyl sites for hydroxylation is 2. The fourth-order valence-corrected chi connectivity index (χ4v) is 5.17. The molecule has 1 N–H and O–H groups in total. The molecule has 0 aliphatic carbocycles. The van der Waals surface area contributed by atoms with Crippen molar-refractivity contribution >= 4 is 27.3 Å². The van der Waals surface area contributed by atoms with E-state index in [9.17, 15) is 13.2 Å². The Kier molecular flexibility index (Phi) is 3.48. The van der Waals surface area contributed by atoms with Crippen LogP contribution in [0.4, 0.5) is 0 Å². The first-order valence-corrected chi connectivity index (χ1v) is 7.88. The van der Waals surface area contributed by atoms with Gasteiger partial charge >= 0.3 is 5.97 Å². The van der Waals surface area contributed by atoms with Gasteiger partial charge in [-0.1, -0.05) is 0 Å². The fourth-order valence-electron chi connectivity index (χ4n) is 2.15. The minimum Gasteiger partial charge on any atom is -0.481 e. The molecule has 7 heteroatoms. The molecule has 2 heterocycles. The third kappa shape index (κ3) is 2.30. The Morgan fingerprint density at radius 3 is 2.61 bits per heavy atom. The molecule has 5 nitrogen and oxygen atoms in total. The Balaban J connectivity index is 2.28. The van der Waals surface area contributed by atoms with Crippen molar-refractivity contribution < 1.29 is 18.3 Å². The van der Waals surface area contributed by atoms with Crippen molar-refractivity contribution in [3.8, 4) is 0 Å². The first kappa shape index (κ1) is 13.5. The average Bonchev–Trinajstić information content (AvgIpc) is 2.85. The molecule has 0 spiro atoms. The van der Waals surface area contributed by atoms with E-state index in [2.05, 4.69) is 0 Å². The van der Waals surface area contributed by atoms with E-state index < -0.39 is 21.9 Å². The lowest BCUT2D eigenvalue weighted by Crippen LogP contribution is -2.30. The Morgan fingerprint density at radius 1 is 1.50 bits per heavy atom. The number of sulfonamides is 1. The van der Waals surface area contributed by atoms with Gasteiger partial charge in [0.05, 0.1) is 10.8 Å². The van der Waals surface area contributed by atoms with Crippen molar-refractivity contribution in [2.24, 2.45) is 5.92 Å². The molecule has 1 fully saturated rings. The predicted molar refractivity (Wildman–Crippen MR) is 68.3 cm³/mol. The Bertz CT molecular complexity index is 576. The monoisotopic (exact) mass is 289 g/mol. The van der Waals surface area contributed by atoms with Crippen LogP contribution in [0.1, 0.15) is 16.2 Å². The topological polar surface area (TPSA) is 74.7 Å². The summed E-state index contributed by atoms with van der Waals surface area (Å²) < 4.78 is 26.0. The standard InChI is InChI=1S/C11H15NO4S2/c1-7-5-10(8(2)17-7)18(15,16)12-4-3-9(6-12)11(13)14/h5,9H,3-4,6H2,1-2H3,(H,13,14)/t9-/m0/s1. The molecule has 0 saturated carbocycles. The van der Waals surface area contributed by atoms with E-state index in [1.807, 2.05) is 6.92 Å². The number of rotatable bonds is 3. The molecular formula is C11H15NO4S2. The highest BCUT2D eigenvalue weighted by Crippen LogP contribution is 2.30. The highest BCUT2D eigenvalue weighted by molar-refractivity contribution is 7.89. The molecule has 0 bridgehead atoms. The van der Waals surface area contributed by atoms with Gasteiger partial charge < -0.3 is 5.11 Å². The number of carboxylic acids is 1. The summed E-state index contributed by atoms with van der Waals surface area (Å²) in [6.07, 6.45) is 0.386. The minimum atomic E-state index is -3.53. The molecule has 1 aliphatic rings. The quantitative estimate of drug-likeness (QED) is 0.914. The Labute approximate surface area is 110 Å². The van der Waals surface area contributed by atoms with Gasteiger partial charge in [-0.15, -0.1) is 11.3 Å². The first-order chi connectivity index (χ1) is 8.32. The lowest BCUT2D eigenvalue weighted by atomic mass is 10.1. The van der Waals surface area contributed by atoms with Crippen LogP contribution in [0.25, 0.3) is 0 Å². The van der Waals surface area contributed by atoms with Gasteiger partial charge in [-0.25, -0.2) is 8.42 Å². The van der Waals surface area contributed by atoms with Crippen LogP contribution < -0.4 is 0 Å². The highest BCUT2D eigenvalue weighted by atomic mass is 32.2. The van der Waals surface area contributed by atoms with Crippen LogP contribution in [-0.4, -0.2) is 36.9 Å². The molecule has 100 valence electrons. The minimum absolute atomic E-state index is 0.0754. The first-order valence-electron chi connectivity index (χ1n) is 5.62. The average molecular weight is 289 g/mol. The van der Waals surface area contributed by atoms with E-state index in [0.29, 0.717) is 11.3 Å². The normalized spacial score (nSPS) is 21.3. The lowest BCUT2D eigenvalue weighted by molar-refractivity contribution is -0.141. The van der Waals surface area contributed by atoms with E-state index in [-0.39, 0.29) is 13.1 Å². The van der Waals surface area contributed by atoms with Crippen molar-refractivity contribution in [2.45, 2.75) is 25.2 Å². The Morgan fingerprint density at radius 2 is 2.17 bits per heavy atom. The molecule has 0 unspecified atom stereocenters. The van der Waals surface area contributed by atoms with Gasteiger partial charge in [0.25, 0.3) is 0 Å². The van der Waals surface area contributed by atoms with Gasteiger partial charge in [0, 0.05) is 22.8 Å². The molecule has 0 aromatic carbocycles. The fraction of sp³-hybridized carbons (Fsp3) is 0.545. The van der Waals surface area contributed by atoms with Crippen LogP contribution in [0.2, 0.25) is 0 Å². The summed E-state index contributed by atoms with van der Waals surface area (Å²) in [7, 11) is -3.53. The summed E-state index contributed by atoms with van der Waals surface area (Å²) in [5.41, 5.74) is 0. The molecule has 1 atom stereocenters. The van der Waals surface area contributed by atoms with E-state index in [0.717, 1.165) is 9.75 Å². The van der Waals surface area contributed by atoms with E-state index in [1.54, 1.807) is 13.0 Å². The van der Waals surface area contributed by atoms with Crippen molar-refractivity contribution in [1.29, 1.82) is 0 Å². The molecule has 2 rings (SSSR count). The Hall–Kier alpha value is -0.920. The maximum Gasteiger partial charge on any atom is 0.307 e. The molecule has 1 aliphatic heterocycles. The van der Waals surface area contributed by atoms with Gasteiger partial charge in [-0.3, -0.25) is 4.79 Å². The van der Waals surface area contributed by atoms with Crippen LogP contribution in [0.15, 0.2) is 11.0 Å². The van der Waals surface area contributed by atoms with Crippen molar-refractivity contribution in [3.63, 3.8) is 0 Å². The van der Waals surface area contributed by atoms with Crippen LogP contribution in [0.3, 0.4) is 0 Å². The van der Waals surface area contributed by atoms with Gasteiger partial charge in [-0.05, 0) is 26.3 Å². The number of hydrogen-bond donors (Lipinski definition) is 1. The number of carbonyl (C=O) groups is 1. The molecule has 0 amide bonds. The number of thiophene rings is 1. The number of carboxylic acid groups (broad SMARTS) is 1. The molecule has 1 aromatic heterocycles. The predicted octanol–water partition coefficient (Wildman–Crippen LogP) is 1.46. The van der Waals surface area contributed by atoms with Gasteiger partial charge in [0.2, 0.25) is 10.0 Å². The van der Waals surface area contributed by atoms with Gasteiger partial charge in [-0.2, -0.15) is 4.31 Å². The van der Waals surface area contributed by atoms with Crippen LogP contribution >= 0.6 is 11.3 Å². The number of nitrogens with zero attached hydrogens (tertiary/aromatic N) is 1. The highest BCUT2D eigenvalue weighted by Gasteiger charge is 2.36. The summed E-state index contributed by atoms with van der Waals surface area (Å²) in [5.74, 6) is -1.51. The second-order valence-electron chi connectivity index (χ2n) is 4.46. The zero-order chi connectivity index (χ0) is 13.5. The van der Waals surface area contributed by atoms with E-state index >= 15 is 0 Å². The number of aliphatic carboxylic acids is 1. The van der Waals surface area contributed by atoms with Crippen LogP contribution in [-0.2, 0) is 14.8 Å². The lowest BCUT2D eigenvalue weighted by Gasteiger charge is -2.15. The van der Waals surface area contributed by atoms with Gasteiger partial charge in [0.15, 0.2) is 0 Å². The van der Waals surface area contributed by atoms with Crippen molar-refractivity contribution in [3.05, 3.63) is 15.8 Å². The van der Waals surface area contributed by atoms with Crippen LogP contribution in [0.5, 0.6) is 0 Å². The summed E-state index contributed by atoms with van der Waals surface area (Å²) in [6.45, 7) is 4.00. The maximum atomic E-state index is 12.4. The summed E-state index contributed by atoms with van der Waals surface area (Å²) in [6, 6.07) is 1.66. The second-order valence-corrected chi connectivity index (χ2v) is 7.83. The third-order valence-electron chi connectivity index (χ3n) is 3.11. The van der Waals surface area contributed by atoms with Crippen molar-refractivity contribution in [1.82, 2.24) is 4.31 Å². The maximum absolute atomic E-state index is 12.4. The second kappa shape index (κ2) is 4.64. The van der Waals surface area contributed by atoms with Gasteiger partial charge in [0.1, 0.15) is 0 Å². The molecular weight excluding hydrogens is 274 g/mol. The zero-order valence-corrected chi connectivity index (χ0v) is 11.8. The van der Waals surface area contributed by atoms with Crippen LogP contribution in [0, 0.1) is 19.8 Å². The molecule has 1 aromatic rings. The summed E-state index contributed by atoms with van der Waals surface area (Å²) >= 11 is 1.44. The SMILES string of the molecule is Cc1cc(S(=O)(=O)N2CC[C@H](C(=O)O)C2)c(C)s1. The smallest absolute Gasteiger partial charge is 0.307 e. The third-order valence-corrected chi connectivity index (χ3v) is 6.20.